The molecule has 2 aliphatic heterocycles. The molecule has 0 aliphatic carbocycles. The number of carbonyl (C=O) groups is 1. The standard InChI is InChI=1S/C28H19ClF2N4O2/c1-14(30)28(37)34-10-9-22-23(34)13-35(22)26-18-7-5-16(11-21(18)33-27(36)19(26)12-32)17-4-2-3-15-6-8-20(31)25(29)24(15)17/h2-8,11,22-23H,1,9-10,13H2,(H,33,36)/t22-,23-/m1/s1. The molecule has 0 unspecified atom stereocenters. The van der Waals surface area contributed by atoms with Gasteiger partial charge in [0.25, 0.3) is 5.91 Å². The Balaban J connectivity index is 1.47. The molecule has 2 fully saturated rings. The third-order valence-corrected chi connectivity index (χ3v) is 7.74. The van der Waals surface area contributed by atoms with Crippen molar-refractivity contribution in [3.05, 3.63) is 77.3 Å². The summed E-state index contributed by atoms with van der Waals surface area (Å²) in [4.78, 5) is 19.9. The van der Waals surface area contributed by atoms with Crippen molar-refractivity contribution >= 4 is 44.9 Å². The van der Waals surface area contributed by atoms with E-state index in [1.807, 2.05) is 35.2 Å². The molecule has 184 valence electrons. The van der Waals surface area contributed by atoms with Crippen LogP contribution in [0.5, 0.6) is 5.88 Å². The molecule has 0 saturated carbocycles. The van der Waals surface area contributed by atoms with E-state index in [9.17, 15) is 23.9 Å². The van der Waals surface area contributed by atoms with Crippen molar-refractivity contribution in [3.8, 4) is 23.1 Å². The lowest BCUT2D eigenvalue weighted by Gasteiger charge is -2.48. The number of carbonyl (C=O) groups excluding carboxylic acids is 1. The minimum atomic E-state index is -0.996. The number of hydrogen-bond acceptors (Lipinski definition) is 5. The Bertz CT molecular complexity index is 1700. The van der Waals surface area contributed by atoms with Gasteiger partial charge in [0.1, 0.15) is 17.4 Å². The summed E-state index contributed by atoms with van der Waals surface area (Å²) < 4.78 is 27.8. The SMILES string of the molecule is C=C(F)C(=O)N1CC[C@@H]2[C@H]1CN2c1c(C#N)c(O)nc2cc(-c3cccc4ccc(F)c(Cl)c34)ccc12. The third kappa shape index (κ3) is 3.42. The lowest BCUT2D eigenvalue weighted by atomic mass is 9.92. The molecule has 1 aromatic heterocycles. The quantitative estimate of drug-likeness (QED) is 0.353. The summed E-state index contributed by atoms with van der Waals surface area (Å²) in [5.41, 5.74) is 2.42. The van der Waals surface area contributed by atoms with E-state index in [2.05, 4.69) is 17.6 Å². The van der Waals surface area contributed by atoms with E-state index < -0.39 is 23.4 Å². The molecular formula is C28H19ClF2N4O2. The number of hydrogen-bond donors (Lipinski definition) is 1. The normalized spacial score (nSPS) is 18.5. The van der Waals surface area contributed by atoms with Gasteiger partial charge in [0.05, 0.1) is 28.3 Å². The van der Waals surface area contributed by atoms with E-state index >= 15 is 0 Å². The van der Waals surface area contributed by atoms with Crippen molar-refractivity contribution in [2.75, 3.05) is 18.0 Å². The molecule has 4 aromatic rings. The zero-order chi connectivity index (χ0) is 26.0. The van der Waals surface area contributed by atoms with E-state index in [0.717, 1.165) is 5.39 Å². The second-order valence-electron chi connectivity index (χ2n) is 9.25. The van der Waals surface area contributed by atoms with Gasteiger partial charge in [-0.05, 0) is 35.1 Å². The van der Waals surface area contributed by atoms with Crippen LogP contribution in [-0.4, -0.2) is 46.1 Å². The number of amides is 1. The molecule has 1 N–H and O–H groups in total. The van der Waals surface area contributed by atoms with Crippen molar-refractivity contribution in [3.63, 3.8) is 0 Å². The molecule has 9 heteroatoms. The van der Waals surface area contributed by atoms with E-state index in [0.29, 0.717) is 52.6 Å². The number of halogens is 3. The van der Waals surface area contributed by atoms with Crippen LogP contribution >= 0.6 is 11.6 Å². The van der Waals surface area contributed by atoms with Crippen LogP contribution in [0.3, 0.4) is 0 Å². The lowest BCUT2D eigenvalue weighted by molar-refractivity contribution is -0.130. The third-order valence-electron chi connectivity index (χ3n) is 7.37. The van der Waals surface area contributed by atoms with Gasteiger partial charge in [-0.25, -0.2) is 13.8 Å². The largest absolute Gasteiger partial charge is 0.492 e. The molecule has 2 saturated heterocycles. The molecule has 3 aromatic carbocycles. The Morgan fingerprint density at radius 3 is 2.78 bits per heavy atom. The van der Waals surface area contributed by atoms with Gasteiger partial charge in [-0.3, -0.25) is 4.79 Å². The fourth-order valence-corrected chi connectivity index (χ4v) is 5.91. The Kier molecular flexibility index (Phi) is 5.28. The Labute approximate surface area is 215 Å². The number of anilines is 1. The summed E-state index contributed by atoms with van der Waals surface area (Å²) in [6.45, 7) is 3.89. The minimum absolute atomic E-state index is 0.0208. The minimum Gasteiger partial charge on any atom is -0.492 e. The van der Waals surface area contributed by atoms with Gasteiger partial charge >= 0.3 is 0 Å². The van der Waals surface area contributed by atoms with Gasteiger partial charge in [0.15, 0.2) is 5.83 Å². The first kappa shape index (κ1) is 23.2. The average Bonchev–Trinajstić information content (AvgIpc) is 3.20. The molecule has 0 bridgehead atoms. The highest BCUT2D eigenvalue weighted by atomic mass is 35.5. The Morgan fingerprint density at radius 1 is 1.22 bits per heavy atom. The number of nitriles is 1. The summed E-state index contributed by atoms with van der Waals surface area (Å²) in [6, 6.07) is 15.7. The number of aromatic nitrogens is 1. The Morgan fingerprint density at radius 2 is 2.03 bits per heavy atom. The number of fused-ring (bicyclic) bond motifs is 3. The van der Waals surface area contributed by atoms with Crippen molar-refractivity contribution in [1.29, 1.82) is 5.26 Å². The first-order chi connectivity index (χ1) is 17.8. The van der Waals surface area contributed by atoms with Crippen LogP contribution in [0, 0.1) is 17.1 Å². The van der Waals surface area contributed by atoms with Crippen molar-refractivity contribution < 1.29 is 18.7 Å². The highest BCUT2D eigenvalue weighted by molar-refractivity contribution is 6.37. The molecule has 0 spiro atoms. The van der Waals surface area contributed by atoms with Gasteiger partial charge in [-0.2, -0.15) is 5.26 Å². The van der Waals surface area contributed by atoms with Gasteiger partial charge in [-0.15, -0.1) is 0 Å². The highest BCUT2D eigenvalue weighted by Crippen LogP contribution is 2.44. The zero-order valence-corrected chi connectivity index (χ0v) is 20.1. The maximum absolute atomic E-state index is 14.3. The number of pyridine rings is 1. The summed E-state index contributed by atoms with van der Waals surface area (Å²) in [7, 11) is 0. The van der Waals surface area contributed by atoms with Crippen LogP contribution in [0.1, 0.15) is 12.0 Å². The van der Waals surface area contributed by atoms with Gasteiger partial charge < -0.3 is 14.9 Å². The summed E-state index contributed by atoms with van der Waals surface area (Å²) >= 11 is 6.33. The average molecular weight is 517 g/mol. The molecule has 2 aliphatic rings. The van der Waals surface area contributed by atoms with E-state index in [4.69, 9.17) is 11.6 Å². The highest BCUT2D eigenvalue weighted by Gasteiger charge is 2.50. The predicted molar refractivity (Wildman–Crippen MR) is 138 cm³/mol. The van der Waals surface area contributed by atoms with Crippen LogP contribution in [0.25, 0.3) is 32.8 Å². The molecule has 0 radical (unpaired) electrons. The summed E-state index contributed by atoms with van der Waals surface area (Å²) in [6.07, 6.45) is 0.595. The van der Waals surface area contributed by atoms with Crippen LogP contribution < -0.4 is 4.90 Å². The van der Waals surface area contributed by atoms with Crippen molar-refractivity contribution in [1.82, 2.24) is 9.88 Å². The summed E-state index contributed by atoms with van der Waals surface area (Å²) in [5, 5.41) is 22.5. The maximum Gasteiger partial charge on any atom is 0.282 e. The predicted octanol–water partition coefficient (Wildman–Crippen LogP) is 5.70. The zero-order valence-electron chi connectivity index (χ0n) is 19.4. The van der Waals surface area contributed by atoms with Crippen LogP contribution in [0.4, 0.5) is 14.5 Å². The topological polar surface area (TPSA) is 80.5 Å². The van der Waals surface area contributed by atoms with E-state index in [-0.39, 0.29) is 22.7 Å². The van der Waals surface area contributed by atoms with Gasteiger partial charge in [0, 0.05) is 23.9 Å². The fourth-order valence-electron chi connectivity index (χ4n) is 5.64. The second-order valence-corrected chi connectivity index (χ2v) is 9.62. The maximum atomic E-state index is 14.3. The number of nitrogens with zero attached hydrogens (tertiary/aromatic N) is 4. The number of likely N-dealkylation sites (tertiary alicyclic amines) is 1. The first-order valence-corrected chi connectivity index (χ1v) is 12.0. The molecule has 6 nitrogen and oxygen atoms in total. The van der Waals surface area contributed by atoms with Crippen molar-refractivity contribution in [2.24, 2.45) is 0 Å². The monoisotopic (exact) mass is 516 g/mol. The van der Waals surface area contributed by atoms with Crippen LogP contribution in [0.2, 0.25) is 5.02 Å². The molecular weight excluding hydrogens is 498 g/mol. The molecule has 3 heterocycles. The van der Waals surface area contributed by atoms with E-state index in [1.54, 1.807) is 12.1 Å². The van der Waals surface area contributed by atoms with Gasteiger partial charge in [-0.1, -0.05) is 54.6 Å². The molecule has 6 rings (SSSR count). The number of aromatic hydroxyl groups is 1. The lowest BCUT2D eigenvalue weighted by Crippen LogP contribution is -2.63. The fraction of sp³-hybridized carbons (Fsp3) is 0.179. The first-order valence-electron chi connectivity index (χ1n) is 11.7. The Hall–Kier alpha value is -4.22. The van der Waals surface area contributed by atoms with Crippen molar-refractivity contribution in [2.45, 2.75) is 18.5 Å². The smallest absolute Gasteiger partial charge is 0.282 e. The second kappa shape index (κ2) is 8.43. The molecule has 2 atom stereocenters. The summed E-state index contributed by atoms with van der Waals surface area (Å²) in [5.74, 6) is -2.64. The number of rotatable bonds is 3. The van der Waals surface area contributed by atoms with Crippen LogP contribution in [-0.2, 0) is 4.79 Å². The number of benzene rings is 3. The molecule has 1 amide bonds. The molecule has 37 heavy (non-hydrogen) atoms. The van der Waals surface area contributed by atoms with Gasteiger partial charge in [0.2, 0.25) is 5.88 Å². The van der Waals surface area contributed by atoms with E-state index in [1.165, 1.54) is 11.0 Å². The van der Waals surface area contributed by atoms with Crippen LogP contribution in [0.15, 0.2) is 60.9 Å².